The number of fused-ring (bicyclic) bond motifs is 1. The Morgan fingerprint density at radius 1 is 1.28 bits per heavy atom. The minimum absolute atomic E-state index is 0.362. The molecule has 0 atom stereocenters. The molecule has 1 aromatic heterocycles. The van der Waals surface area contributed by atoms with Gasteiger partial charge in [-0.25, -0.2) is 13.8 Å². The minimum atomic E-state index is -0.930. The molecule has 1 radical (unpaired) electrons. The second-order valence-corrected chi connectivity index (χ2v) is 8.22. The van der Waals surface area contributed by atoms with E-state index in [1.54, 1.807) is 6.07 Å². The molecule has 0 spiro atoms. The molecule has 1 N–H and O–H groups in total. The summed E-state index contributed by atoms with van der Waals surface area (Å²) in [5.41, 5.74) is 1.31. The van der Waals surface area contributed by atoms with Gasteiger partial charge in [0.15, 0.2) is 5.82 Å². The first-order valence-corrected chi connectivity index (χ1v) is 10.2. The highest BCUT2D eigenvalue weighted by Gasteiger charge is 2.24. The van der Waals surface area contributed by atoms with Crippen molar-refractivity contribution in [2.24, 2.45) is 0 Å². The maximum atomic E-state index is 14.2. The third kappa shape index (κ3) is 3.81. The first kappa shape index (κ1) is 20.0. The van der Waals surface area contributed by atoms with Gasteiger partial charge in [-0.05, 0) is 44.0 Å². The average Bonchev–Trinajstić information content (AvgIpc) is 3.20. The summed E-state index contributed by atoms with van der Waals surface area (Å²) >= 11 is 9.00. The number of hydrogen-bond acceptors (Lipinski definition) is 3. The molecule has 1 saturated heterocycles. The van der Waals surface area contributed by atoms with E-state index in [1.165, 1.54) is 0 Å². The van der Waals surface area contributed by atoms with Gasteiger partial charge in [0.25, 0.3) is 5.91 Å². The Kier molecular flexibility index (Phi) is 5.44. The van der Waals surface area contributed by atoms with Gasteiger partial charge in [-0.1, -0.05) is 27.5 Å². The highest BCUT2D eigenvalue weighted by Crippen LogP contribution is 2.33. The molecular weight excluding hydrogens is 464 g/mol. The lowest BCUT2D eigenvalue weighted by atomic mass is 10.0. The predicted molar refractivity (Wildman–Crippen MR) is 114 cm³/mol. The first-order chi connectivity index (χ1) is 13.8. The molecule has 0 saturated carbocycles. The quantitative estimate of drug-likeness (QED) is 0.477. The van der Waals surface area contributed by atoms with E-state index < -0.39 is 22.6 Å². The van der Waals surface area contributed by atoms with Crippen molar-refractivity contribution in [2.75, 3.05) is 23.3 Å². The maximum absolute atomic E-state index is 14.2. The van der Waals surface area contributed by atoms with E-state index in [0.717, 1.165) is 42.3 Å². The van der Waals surface area contributed by atoms with Crippen LogP contribution in [0.1, 0.15) is 28.8 Å². The van der Waals surface area contributed by atoms with E-state index in [4.69, 9.17) is 16.6 Å². The maximum Gasteiger partial charge on any atom is 0.256 e. The van der Waals surface area contributed by atoms with Gasteiger partial charge in [-0.3, -0.25) is 4.79 Å². The molecule has 0 aliphatic carbocycles. The Morgan fingerprint density at radius 2 is 2.00 bits per heavy atom. The fourth-order valence-electron chi connectivity index (χ4n) is 3.59. The zero-order valence-corrected chi connectivity index (χ0v) is 17.8. The Morgan fingerprint density at radius 3 is 2.72 bits per heavy atom. The van der Waals surface area contributed by atoms with Crippen LogP contribution in [0.25, 0.3) is 10.9 Å². The van der Waals surface area contributed by atoms with Crippen LogP contribution in [0.5, 0.6) is 0 Å². The predicted octanol–water partition coefficient (Wildman–Crippen LogP) is 5.89. The molecule has 2 heterocycles. The summed E-state index contributed by atoms with van der Waals surface area (Å²) in [5, 5.41) is 2.66. The number of rotatable bonds is 3. The van der Waals surface area contributed by atoms with Gasteiger partial charge in [0.1, 0.15) is 11.6 Å². The summed E-state index contributed by atoms with van der Waals surface area (Å²) in [4.78, 5) is 20.1. The topological polar surface area (TPSA) is 45.2 Å². The number of halogens is 4. The number of benzene rings is 2. The van der Waals surface area contributed by atoms with Crippen molar-refractivity contribution in [3.05, 3.63) is 62.6 Å². The van der Waals surface area contributed by atoms with Crippen molar-refractivity contribution in [2.45, 2.75) is 19.8 Å². The molecule has 1 aliphatic rings. The highest BCUT2D eigenvalue weighted by atomic mass is 79.9. The third-order valence-corrected chi connectivity index (χ3v) is 5.74. The van der Waals surface area contributed by atoms with Gasteiger partial charge in [-0.2, -0.15) is 0 Å². The lowest BCUT2D eigenvalue weighted by Crippen LogP contribution is -2.23. The lowest BCUT2D eigenvalue weighted by Gasteiger charge is -2.22. The molecule has 29 heavy (non-hydrogen) atoms. The van der Waals surface area contributed by atoms with E-state index in [1.807, 2.05) is 19.1 Å². The van der Waals surface area contributed by atoms with Crippen molar-refractivity contribution in [1.29, 1.82) is 0 Å². The summed E-state index contributed by atoms with van der Waals surface area (Å²) in [6, 6.07) is 8.43. The van der Waals surface area contributed by atoms with Crippen molar-refractivity contribution in [3.8, 4) is 0 Å². The number of carbonyl (C=O) groups is 1. The van der Waals surface area contributed by atoms with E-state index in [0.29, 0.717) is 22.0 Å². The van der Waals surface area contributed by atoms with Crippen molar-refractivity contribution >= 4 is 55.8 Å². The molecule has 0 unspecified atom stereocenters. The summed E-state index contributed by atoms with van der Waals surface area (Å²) < 4.78 is 28.7. The number of aromatic nitrogens is 1. The Labute approximate surface area is 180 Å². The van der Waals surface area contributed by atoms with Crippen LogP contribution in [-0.4, -0.2) is 24.0 Å². The number of nitrogens with zero attached hydrogens (tertiary/aromatic N) is 2. The van der Waals surface area contributed by atoms with Crippen LogP contribution >= 0.6 is 27.5 Å². The molecule has 4 rings (SSSR count). The van der Waals surface area contributed by atoms with Gasteiger partial charge in [0.05, 0.1) is 27.9 Å². The van der Waals surface area contributed by atoms with Gasteiger partial charge < -0.3 is 10.2 Å². The molecule has 3 aromatic rings. The van der Waals surface area contributed by atoms with Gasteiger partial charge in [0, 0.05) is 28.5 Å². The van der Waals surface area contributed by atoms with Crippen LogP contribution in [0, 0.1) is 24.6 Å². The van der Waals surface area contributed by atoms with E-state index >= 15 is 0 Å². The number of anilines is 2. The summed E-state index contributed by atoms with van der Waals surface area (Å²) in [7, 11) is 0. The molecule has 0 bridgehead atoms. The van der Waals surface area contributed by atoms with Crippen molar-refractivity contribution in [3.63, 3.8) is 0 Å². The monoisotopic (exact) mass is 478 g/mol. The Balaban J connectivity index is 1.84. The van der Waals surface area contributed by atoms with Crippen LogP contribution in [0.15, 0.2) is 28.7 Å². The molecule has 1 fully saturated rings. The van der Waals surface area contributed by atoms with Crippen molar-refractivity contribution in [1.82, 2.24) is 4.98 Å². The second-order valence-electron chi connectivity index (χ2n) is 6.90. The number of pyridine rings is 1. The fraction of sp³-hybridized carbons (Fsp3) is 0.238. The number of amides is 1. The van der Waals surface area contributed by atoms with Crippen LogP contribution in [0.2, 0.25) is 5.02 Å². The van der Waals surface area contributed by atoms with E-state index in [2.05, 4.69) is 32.2 Å². The number of carbonyl (C=O) groups excluding carboxylic acids is 1. The summed E-state index contributed by atoms with van der Waals surface area (Å²) in [6.45, 7) is 3.54. The Bertz CT molecular complexity index is 1130. The van der Waals surface area contributed by atoms with Gasteiger partial charge >= 0.3 is 0 Å². The zero-order chi connectivity index (χ0) is 20.7. The van der Waals surface area contributed by atoms with Crippen LogP contribution in [-0.2, 0) is 0 Å². The number of hydrogen-bond donors (Lipinski definition) is 1. The minimum Gasteiger partial charge on any atom is -0.356 e. The molecule has 8 heteroatoms. The Hall–Kier alpha value is -2.25. The standard InChI is InChI=1S/C21H16BrClF2N3O/c1-11-19(21(29)27-18-10-15(24)14(23)9-16(18)25)13-8-12(22)4-5-17(13)26-20(11)28-6-2-3-7-28/h4-5,8-9H,2-3,6-7H2,1H3,(H,27,29). The van der Waals surface area contributed by atoms with Gasteiger partial charge in [0.2, 0.25) is 0 Å². The van der Waals surface area contributed by atoms with Crippen LogP contribution < -0.4 is 10.2 Å². The van der Waals surface area contributed by atoms with Crippen LogP contribution in [0.4, 0.5) is 20.3 Å². The lowest BCUT2D eigenvalue weighted by molar-refractivity contribution is 0.102. The first-order valence-electron chi connectivity index (χ1n) is 9.08. The fourth-order valence-corrected chi connectivity index (χ4v) is 4.09. The molecule has 1 aliphatic heterocycles. The molecular formula is C21H16BrClF2N3O. The van der Waals surface area contributed by atoms with Gasteiger partial charge in [-0.15, -0.1) is 0 Å². The normalized spacial score (nSPS) is 13.9. The van der Waals surface area contributed by atoms with E-state index in [-0.39, 0.29) is 5.69 Å². The number of nitrogens with one attached hydrogen (secondary N) is 1. The molecule has 2 aromatic carbocycles. The molecule has 1 amide bonds. The molecule has 4 nitrogen and oxygen atoms in total. The average molecular weight is 480 g/mol. The molecule has 149 valence electrons. The smallest absolute Gasteiger partial charge is 0.256 e. The summed E-state index contributed by atoms with van der Waals surface area (Å²) in [6.07, 6.45) is 2.12. The van der Waals surface area contributed by atoms with Crippen LogP contribution in [0.3, 0.4) is 0 Å². The van der Waals surface area contributed by atoms with E-state index in [9.17, 15) is 13.6 Å². The SMILES string of the molecule is Cc1c(N2CCCC2)nc2ccc(Br)cc2c1C(=O)Nc1[c]c(F)c(Cl)cc1F. The summed E-state index contributed by atoms with van der Waals surface area (Å²) in [5.74, 6) is -1.62. The zero-order valence-electron chi connectivity index (χ0n) is 15.5. The highest BCUT2D eigenvalue weighted by molar-refractivity contribution is 9.10. The second kappa shape index (κ2) is 7.88. The van der Waals surface area contributed by atoms with Crippen molar-refractivity contribution < 1.29 is 13.6 Å². The third-order valence-electron chi connectivity index (χ3n) is 4.97. The largest absolute Gasteiger partial charge is 0.356 e.